The van der Waals surface area contributed by atoms with Crippen molar-refractivity contribution in [3.63, 3.8) is 0 Å². The van der Waals surface area contributed by atoms with E-state index in [2.05, 4.69) is 32.1 Å². The summed E-state index contributed by atoms with van der Waals surface area (Å²) in [6.45, 7) is 4.91. The average Bonchev–Trinajstić information content (AvgIpc) is 2.27. The smallest absolute Gasteiger partial charge is 0.133 e. The molecular weight excluding hydrogens is 210 g/mol. The highest BCUT2D eigenvalue weighted by atomic mass is 16.1. The highest BCUT2D eigenvalue weighted by Crippen LogP contribution is 2.26. The van der Waals surface area contributed by atoms with Crippen LogP contribution in [0.15, 0.2) is 23.8 Å². The lowest BCUT2D eigenvalue weighted by Gasteiger charge is -2.22. The van der Waals surface area contributed by atoms with Crippen LogP contribution in [0.2, 0.25) is 0 Å². The van der Waals surface area contributed by atoms with Crippen LogP contribution in [-0.2, 0) is 4.79 Å². The molecule has 0 aromatic heterocycles. The van der Waals surface area contributed by atoms with Gasteiger partial charge in [-0.15, -0.1) is 0 Å². The maximum atomic E-state index is 11.9. The second kappa shape index (κ2) is 6.75. The summed E-state index contributed by atoms with van der Waals surface area (Å²) in [5.74, 6) is 0.374. The number of Topliss-reactive ketones (excluding diaryl/α,β-unsaturated/α-hetero) is 1. The number of hydrogen-bond donors (Lipinski definition) is 1. The molecule has 1 rings (SSSR count). The summed E-state index contributed by atoms with van der Waals surface area (Å²) in [5.41, 5.74) is 7.03. The number of rotatable bonds is 7. The number of ketones is 1. The Morgan fingerprint density at radius 3 is 2.82 bits per heavy atom. The molecule has 17 heavy (non-hydrogen) atoms. The second-order valence-electron chi connectivity index (χ2n) is 5.71. The van der Waals surface area contributed by atoms with E-state index in [1.54, 1.807) is 0 Å². The van der Waals surface area contributed by atoms with E-state index in [4.69, 9.17) is 5.73 Å². The maximum Gasteiger partial charge on any atom is 0.133 e. The van der Waals surface area contributed by atoms with E-state index in [9.17, 15) is 4.79 Å². The summed E-state index contributed by atoms with van der Waals surface area (Å²) in [7, 11) is 0. The third-order valence-corrected chi connectivity index (χ3v) is 3.32. The molecule has 0 spiro atoms. The fourth-order valence-electron chi connectivity index (χ4n) is 2.26. The first-order valence-corrected chi connectivity index (χ1v) is 6.60. The van der Waals surface area contributed by atoms with Crippen LogP contribution >= 0.6 is 0 Å². The third-order valence-electron chi connectivity index (χ3n) is 3.32. The molecule has 0 fully saturated rings. The van der Waals surface area contributed by atoms with Crippen molar-refractivity contribution in [3.05, 3.63) is 23.8 Å². The monoisotopic (exact) mass is 235 g/mol. The molecule has 0 aromatic rings. The molecule has 96 valence electrons. The molecule has 0 heterocycles. The summed E-state index contributed by atoms with van der Waals surface area (Å²) >= 11 is 0. The summed E-state index contributed by atoms with van der Waals surface area (Å²) in [4.78, 5) is 11.9. The van der Waals surface area contributed by atoms with Crippen LogP contribution in [0.3, 0.4) is 0 Å². The highest BCUT2D eigenvalue weighted by molar-refractivity contribution is 5.79. The molecule has 0 saturated carbocycles. The standard InChI is InChI=1S/C15H25NO/c1-15(2,10-11-16)12-14(17)9-8-13-6-4-3-5-7-13/h3-4,6H,5,7-12,16H2,1-2H3. The normalized spacial score (nSPS) is 15.8. The first kappa shape index (κ1) is 14.2. The summed E-state index contributed by atoms with van der Waals surface area (Å²) in [6.07, 6.45) is 11.9. The van der Waals surface area contributed by atoms with Gasteiger partial charge in [0.1, 0.15) is 5.78 Å². The van der Waals surface area contributed by atoms with Gasteiger partial charge in [-0.2, -0.15) is 0 Å². The minimum absolute atomic E-state index is 0.0622. The van der Waals surface area contributed by atoms with Gasteiger partial charge in [0, 0.05) is 12.8 Å². The Balaban J connectivity index is 2.30. The van der Waals surface area contributed by atoms with Crippen molar-refractivity contribution < 1.29 is 4.79 Å². The minimum Gasteiger partial charge on any atom is -0.330 e. The van der Waals surface area contributed by atoms with Crippen molar-refractivity contribution in [3.8, 4) is 0 Å². The second-order valence-corrected chi connectivity index (χ2v) is 5.71. The van der Waals surface area contributed by atoms with Crippen LogP contribution < -0.4 is 5.73 Å². The Hall–Kier alpha value is -0.890. The molecule has 2 N–H and O–H groups in total. The maximum absolute atomic E-state index is 11.9. The Labute approximate surface area is 105 Å². The molecule has 1 aliphatic carbocycles. The Bertz CT molecular complexity index is 313. The van der Waals surface area contributed by atoms with E-state index < -0.39 is 0 Å². The Kier molecular flexibility index (Phi) is 5.63. The topological polar surface area (TPSA) is 43.1 Å². The summed E-state index contributed by atoms with van der Waals surface area (Å²) in [6, 6.07) is 0. The zero-order chi connectivity index (χ0) is 12.7. The van der Waals surface area contributed by atoms with Gasteiger partial charge in [-0.3, -0.25) is 4.79 Å². The molecule has 0 radical (unpaired) electrons. The van der Waals surface area contributed by atoms with E-state index in [0.717, 1.165) is 25.7 Å². The number of carbonyl (C=O) groups excluding carboxylic acids is 1. The predicted molar refractivity (Wildman–Crippen MR) is 72.8 cm³/mol. The molecule has 1 aliphatic rings. The van der Waals surface area contributed by atoms with Gasteiger partial charge in [0.2, 0.25) is 0 Å². The van der Waals surface area contributed by atoms with Gasteiger partial charge in [0.25, 0.3) is 0 Å². The van der Waals surface area contributed by atoms with Crippen LogP contribution in [0.25, 0.3) is 0 Å². The lowest BCUT2D eigenvalue weighted by molar-refractivity contribution is -0.121. The van der Waals surface area contributed by atoms with Crippen molar-refractivity contribution in [2.45, 2.75) is 52.4 Å². The zero-order valence-electron chi connectivity index (χ0n) is 11.2. The van der Waals surface area contributed by atoms with Gasteiger partial charge in [0.15, 0.2) is 0 Å². The van der Waals surface area contributed by atoms with Gasteiger partial charge in [-0.25, -0.2) is 0 Å². The molecule has 0 bridgehead atoms. The number of allylic oxidation sites excluding steroid dienone is 4. The van der Waals surface area contributed by atoms with Gasteiger partial charge in [0.05, 0.1) is 0 Å². The van der Waals surface area contributed by atoms with E-state index in [-0.39, 0.29) is 5.41 Å². The lowest BCUT2D eigenvalue weighted by atomic mass is 9.83. The first-order chi connectivity index (χ1) is 8.03. The van der Waals surface area contributed by atoms with Crippen molar-refractivity contribution in [2.75, 3.05) is 6.54 Å². The van der Waals surface area contributed by atoms with Crippen LogP contribution in [-0.4, -0.2) is 12.3 Å². The SMILES string of the molecule is CC(C)(CCN)CC(=O)CCC1=CC=CCC1. The third kappa shape index (κ3) is 5.83. The lowest BCUT2D eigenvalue weighted by Crippen LogP contribution is -2.21. The van der Waals surface area contributed by atoms with Crippen LogP contribution in [0, 0.1) is 5.41 Å². The number of nitrogens with two attached hydrogens (primary N) is 1. The zero-order valence-corrected chi connectivity index (χ0v) is 11.2. The summed E-state index contributed by atoms with van der Waals surface area (Å²) < 4.78 is 0. The van der Waals surface area contributed by atoms with E-state index in [1.807, 2.05) is 0 Å². The van der Waals surface area contributed by atoms with Crippen LogP contribution in [0.4, 0.5) is 0 Å². The highest BCUT2D eigenvalue weighted by Gasteiger charge is 2.20. The van der Waals surface area contributed by atoms with E-state index in [1.165, 1.54) is 5.57 Å². The molecule has 0 aliphatic heterocycles. The van der Waals surface area contributed by atoms with Crippen molar-refractivity contribution in [1.82, 2.24) is 0 Å². The average molecular weight is 235 g/mol. The fraction of sp³-hybridized carbons (Fsp3) is 0.667. The van der Waals surface area contributed by atoms with Crippen molar-refractivity contribution in [2.24, 2.45) is 11.1 Å². The molecule has 0 unspecified atom stereocenters. The largest absolute Gasteiger partial charge is 0.330 e. The Morgan fingerprint density at radius 1 is 1.47 bits per heavy atom. The summed E-state index contributed by atoms with van der Waals surface area (Å²) in [5, 5.41) is 0. The number of hydrogen-bond acceptors (Lipinski definition) is 2. The fourth-order valence-corrected chi connectivity index (χ4v) is 2.26. The van der Waals surface area contributed by atoms with E-state index in [0.29, 0.717) is 25.2 Å². The van der Waals surface area contributed by atoms with Gasteiger partial charge < -0.3 is 5.73 Å². The molecule has 0 saturated heterocycles. The van der Waals surface area contributed by atoms with Crippen LogP contribution in [0.5, 0.6) is 0 Å². The quantitative estimate of drug-likeness (QED) is 0.735. The molecule has 2 nitrogen and oxygen atoms in total. The van der Waals surface area contributed by atoms with Gasteiger partial charge in [-0.05, 0) is 37.6 Å². The van der Waals surface area contributed by atoms with Gasteiger partial charge in [-0.1, -0.05) is 37.6 Å². The van der Waals surface area contributed by atoms with Crippen molar-refractivity contribution in [1.29, 1.82) is 0 Å². The first-order valence-electron chi connectivity index (χ1n) is 6.60. The van der Waals surface area contributed by atoms with Gasteiger partial charge >= 0.3 is 0 Å². The van der Waals surface area contributed by atoms with E-state index >= 15 is 0 Å². The number of carbonyl (C=O) groups is 1. The Morgan fingerprint density at radius 2 is 2.24 bits per heavy atom. The minimum atomic E-state index is 0.0622. The molecular formula is C15H25NO. The predicted octanol–water partition coefficient (Wildman–Crippen LogP) is 3.38. The molecule has 2 heteroatoms. The molecule has 0 aromatic carbocycles. The molecule has 0 atom stereocenters. The van der Waals surface area contributed by atoms with Crippen LogP contribution in [0.1, 0.15) is 52.4 Å². The molecule has 0 amide bonds. The van der Waals surface area contributed by atoms with Crippen molar-refractivity contribution >= 4 is 5.78 Å².